The number of likely N-dealkylation sites (tertiary alicyclic amines) is 1. The zero-order valence-corrected chi connectivity index (χ0v) is 12.6. The maximum atomic E-state index is 11.1. The summed E-state index contributed by atoms with van der Waals surface area (Å²) in [4.78, 5) is 2.56. The van der Waals surface area contributed by atoms with Crippen LogP contribution < -0.4 is 5.32 Å². The van der Waals surface area contributed by atoms with E-state index < -0.39 is 10.8 Å². The predicted octanol–water partition coefficient (Wildman–Crippen LogP) is 1.46. The van der Waals surface area contributed by atoms with Crippen LogP contribution in [0.1, 0.15) is 33.6 Å². The van der Waals surface area contributed by atoms with Crippen molar-refractivity contribution in [2.75, 3.05) is 31.6 Å². The molecule has 0 aromatic heterocycles. The minimum absolute atomic E-state index is 0.573. The van der Waals surface area contributed by atoms with Gasteiger partial charge in [0, 0.05) is 41.4 Å². The summed E-state index contributed by atoms with van der Waals surface area (Å²) in [5.74, 6) is 1.56. The highest BCUT2D eigenvalue weighted by Gasteiger charge is 2.27. The van der Waals surface area contributed by atoms with Crippen molar-refractivity contribution in [1.82, 2.24) is 10.2 Å². The SMILES string of the molecule is CCNC1CCN(C(C)CCS(C)=O)CC1C. The van der Waals surface area contributed by atoms with Crippen molar-refractivity contribution in [2.24, 2.45) is 5.92 Å². The molecule has 3 nitrogen and oxygen atoms in total. The monoisotopic (exact) mass is 260 g/mol. The second kappa shape index (κ2) is 7.49. The third-order valence-electron chi connectivity index (χ3n) is 3.85. The van der Waals surface area contributed by atoms with Crippen LogP contribution in [-0.4, -0.2) is 52.8 Å². The molecule has 1 fully saturated rings. The summed E-state index contributed by atoms with van der Waals surface area (Å²) in [6, 6.07) is 1.26. The highest BCUT2D eigenvalue weighted by atomic mass is 32.2. The lowest BCUT2D eigenvalue weighted by Crippen LogP contribution is -2.50. The van der Waals surface area contributed by atoms with Gasteiger partial charge in [-0.1, -0.05) is 13.8 Å². The average molecular weight is 260 g/mol. The molecule has 4 heteroatoms. The maximum Gasteiger partial charge on any atom is 0.0246 e. The molecule has 1 saturated heterocycles. The Balaban J connectivity index is 2.35. The van der Waals surface area contributed by atoms with Crippen molar-refractivity contribution in [2.45, 2.75) is 45.7 Å². The van der Waals surface area contributed by atoms with Crippen molar-refractivity contribution < 1.29 is 4.21 Å². The molecule has 1 aliphatic rings. The van der Waals surface area contributed by atoms with Crippen LogP contribution in [0, 0.1) is 5.92 Å². The van der Waals surface area contributed by atoms with Crippen molar-refractivity contribution >= 4 is 10.8 Å². The Morgan fingerprint density at radius 2 is 2.24 bits per heavy atom. The van der Waals surface area contributed by atoms with Crippen LogP contribution in [0.25, 0.3) is 0 Å². The lowest BCUT2D eigenvalue weighted by atomic mass is 9.92. The quantitative estimate of drug-likeness (QED) is 0.785. The smallest absolute Gasteiger partial charge is 0.0246 e. The summed E-state index contributed by atoms with van der Waals surface area (Å²) in [5.41, 5.74) is 0. The first-order chi connectivity index (χ1) is 8.04. The van der Waals surface area contributed by atoms with Gasteiger partial charge < -0.3 is 10.2 Å². The second-order valence-corrected chi connectivity index (χ2v) is 6.89. The molecule has 4 unspecified atom stereocenters. The maximum absolute atomic E-state index is 11.1. The van der Waals surface area contributed by atoms with E-state index in [9.17, 15) is 4.21 Å². The molecule has 4 atom stereocenters. The molecule has 0 aromatic rings. The Labute approximate surface area is 109 Å². The largest absolute Gasteiger partial charge is 0.314 e. The number of hydrogen-bond acceptors (Lipinski definition) is 3. The first kappa shape index (κ1) is 15.1. The molecule has 1 N–H and O–H groups in total. The van der Waals surface area contributed by atoms with E-state index >= 15 is 0 Å². The molecule has 1 heterocycles. The molecule has 0 saturated carbocycles. The fraction of sp³-hybridized carbons (Fsp3) is 1.00. The average Bonchev–Trinajstić information content (AvgIpc) is 2.28. The summed E-state index contributed by atoms with van der Waals surface area (Å²) in [6.45, 7) is 10.2. The van der Waals surface area contributed by atoms with Gasteiger partial charge in [0.1, 0.15) is 0 Å². The number of hydrogen-bond donors (Lipinski definition) is 1. The fourth-order valence-electron chi connectivity index (χ4n) is 2.66. The number of piperidine rings is 1. The van der Waals surface area contributed by atoms with E-state index in [2.05, 4.69) is 31.0 Å². The van der Waals surface area contributed by atoms with E-state index in [1.54, 1.807) is 6.26 Å². The Hall–Kier alpha value is 0.0700. The zero-order valence-electron chi connectivity index (χ0n) is 11.7. The van der Waals surface area contributed by atoms with E-state index in [-0.39, 0.29) is 0 Å². The first-order valence-corrected chi connectivity index (χ1v) is 8.54. The second-order valence-electron chi connectivity index (χ2n) is 5.34. The third-order valence-corrected chi connectivity index (χ3v) is 4.66. The minimum atomic E-state index is -0.648. The zero-order chi connectivity index (χ0) is 12.8. The molecular formula is C13H28N2OS. The summed E-state index contributed by atoms with van der Waals surface area (Å²) in [5, 5.41) is 3.57. The van der Waals surface area contributed by atoms with E-state index in [1.807, 2.05) is 0 Å². The number of nitrogens with zero attached hydrogens (tertiary/aromatic N) is 1. The fourth-order valence-corrected chi connectivity index (χ4v) is 3.34. The van der Waals surface area contributed by atoms with Crippen LogP contribution in [0.2, 0.25) is 0 Å². The van der Waals surface area contributed by atoms with Crippen LogP contribution >= 0.6 is 0 Å². The van der Waals surface area contributed by atoms with Gasteiger partial charge in [0.2, 0.25) is 0 Å². The molecular weight excluding hydrogens is 232 g/mol. The first-order valence-electron chi connectivity index (χ1n) is 6.82. The molecule has 0 aromatic carbocycles. The van der Waals surface area contributed by atoms with Gasteiger partial charge >= 0.3 is 0 Å². The van der Waals surface area contributed by atoms with Gasteiger partial charge in [0.15, 0.2) is 0 Å². The molecule has 0 spiro atoms. The van der Waals surface area contributed by atoms with E-state index in [0.717, 1.165) is 24.6 Å². The normalized spacial score (nSPS) is 30.1. The molecule has 0 aliphatic carbocycles. The van der Waals surface area contributed by atoms with Gasteiger partial charge in [0.05, 0.1) is 0 Å². The van der Waals surface area contributed by atoms with E-state index in [0.29, 0.717) is 12.1 Å². The standard InChI is InChI=1S/C13H28N2OS/c1-5-14-13-6-8-15(10-11(13)2)12(3)7-9-17(4)16/h11-14H,5-10H2,1-4H3. The predicted molar refractivity (Wildman–Crippen MR) is 75.8 cm³/mol. The molecule has 1 rings (SSSR count). The van der Waals surface area contributed by atoms with Crippen LogP contribution in [0.4, 0.5) is 0 Å². The molecule has 1 aliphatic heterocycles. The van der Waals surface area contributed by atoms with Crippen molar-refractivity contribution in [3.8, 4) is 0 Å². The van der Waals surface area contributed by atoms with Gasteiger partial charge in [-0.25, -0.2) is 0 Å². The highest BCUT2D eigenvalue weighted by molar-refractivity contribution is 7.84. The topological polar surface area (TPSA) is 32.3 Å². The number of rotatable bonds is 6. The molecule has 102 valence electrons. The van der Waals surface area contributed by atoms with Crippen LogP contribution in [0.5, 0.6) is 0 Å². The van der Waals surface area contributed by atoms with Gasteiger partial charge in [-0.3, -0.25) is 4.21 Å². The summed E-state index contributed by atoms with van der Waals surface area (Å²) < 4.78 is 11.1. The van der Waals surface area contributed by atoms with Gasteiger partial charge in [-0.2, -0.15) is 0 Å². The molecule has 17 heavy (non-hydrogen) atoms. The Kier molecular flexibility index (Phi) is 6.67. The molecule has 0 amide bonds. The summed E-state index contributed by atoms with van der Waals surface area (Å²) in [7, 11) is -0.648. The van der Waals surface area contributed by atoms with Crippen LogP contribution in [0.3, 0.4) is 0 Å². The van der Waals surface area contributed by atoms with Gasteiger partial charge in [-0.05, 0) is 38.8 Å². The third kappa shape index (κ3) is 5.06. The molecule has 0 bridgehead atoms. The lowest BCUT2D eigenvalue weighted by molar-refractivity contribution is 0.110. The molecule has 0 radical (unpaired) electrons. The Morgan fingerprint density at radius 3 is 2.76 bits per heavy atom. The van der Waals surface area contributed by atoms with Crippen molar-refractivity contribution in [3.63, 3.8) is 0 Å². The van der Waals surface area contributed by atoms with Crippen LogP contribution in [-0.2, 0) is 10.8 Å². The van der Waals surface area contributed by atoms with Gasteiger partial charge in [-0.15, -0.1) is 0 Å². The Morgan fingerprint density at radius 1 is 1.53 bits per heavy atom. The van der Waals surface area contributed by atoms with Crippen molar-refractivity contribution in [3.05, 3.63) is 0 Å². The van der Waals surface area contributed by atoms with Crippen LogP contribution in [0.15, 0.2) is 0 Å². The van der Waals surface area contributed by atoms with E-state index in [1.165, 1.54) is 19.5 Å². The summed E-state index contributed by atoms with van der Waals surface area (Å²) >= 11 is 0. The van der Waals surface area contributed by atoms with Gasteiger partial charge in [0.25, 0.3) is 0 Å². The highest BCUT2D eigenvalue weighted by Crippen LogP contribution is 2.19. The van der Waals surface area contributed by atoms with Crippen molar-refractivity contribution in [1.29, 1.82) is 0 Å². The lowest BCUT2D eigenvalue weighted by Gasteiger charge is -2.40. The minimum Gasteiger partial charge on any atom is -0.314 e. The Bertz CT molecular complexity index is 248. The van der Waals surface area contributed by atoms with E-state index in [4.69, 9.17) is 0 Å². The number of nitrogens with one attached hydrogen (secondary N) is 1. The summed E-state index contributed by atoms with van der Waals surface area (Å²) in [6.07, 6.45) is 4.10.